The van der Waals surface area contributed by atoms with Gasteiger partial charge < -0.3 is 10.5 Å². The van der Waals surface area contributed by atoms with E-state index in [4.69, 9.17) is 10.5 Å². The molecule has 2 nitrogen and oxygen atoms in total. The number of aryl methyl sites for hydroxylation is 1. The van der Waals surface area contributed by atoms with Gasteiger partial charge in [-0.25, -0.2) is 0 Å². The molecule has 2 rings (SSSR count). The zero-order valence-corrected chi connectivity index (χ0v) is 12.8. The van der Waals surface area contributed by atoms with Gasteiger partial charge in [0.1, 0.15) is 12.4 Å². The first-order valence-corrected chi connectivity index (χ1v) is 7.09. The SMILES string of the molecule is Cc1ccc(OCc2cccc(Br)c2)c([C@H](C)N)c1. The maximum atomic E-state index is 5.99. The number of nitrogens with two attached hydrogens (primary N) is 1. The van der Waals surface area contributed by atoms with E-state index in [1.807, 2.05) is 37.3 Å². The van der Waals surface area contributed by atoms with Crippen molar-refractivity contribution in [2.75, 3.05) is 0 Å². The van der Waals surface area contributed by atoms with Crippen molar-refractivity contribution in [3.05, 3.63) is 63.6 Å². The predicted molar refractivity (Wildman–Crippen MR) is 82.3 cm³/mol. The smallest absolute Gasteiger partial charge is 0.124 e. The molecule has 0 fully saturated rings. The molecule has 100 valence electrons. The number of hydrogen-bond donors (Lipinski definition) is 1. The molecule has 0 spiro atoms. The number of ether oxygens (including phenoxy) is 1. The Morgan fingerprint density at radius 2 is 2.00 bits per heavy atom. The predicted octanol–water partition coefficient (Wildman–Crippen LogP) is 4.36. The standard InChI is InChI=1S/C16H18BrNO/c1-11-6-7-16(15(8-11)12(2)18)19-10-13-4-3-5-14(17)9-13/h3-9,12H,10,18H2,1-2H3/t12-/m0/s1. The molecule has 2 aromatic carbocycles. The topological polar surface area (TPSA) is 35.2 Å². The van der Waals surface area contributed by atoms with Gasteiger partial charge in [-0.05, 0) is 37.6 Å². The average Bonchev–Trinajstić information content (AvgIpc) is 2.37. The third-order valence-electron chi connectivity index (χ3n) is 2.94. The van der Waals surface area contributed by atoms with E-state index >= 15 is 0 Å². The fourth-order valence-electron chi connectivity index (χ4n) is 1.94. The summed E-state index contributed by atoms with van der Waals surface area (Å²) >= 11 is 3.46. The van der Waals surface area contributed by atoms with Crippen LogP contribution in [0.25, 0.3) is 0 Å². The van der Waals surface area contributed by atoms with Crippen LogP contribution in [-0.4, -0.2) is 0 Å². The fourth-order valence-corrected chi connectivity index (χ4v) is 2.39. The molecule has 3 heteroatoms. The quantitative estimate of drug-likeness (QED) is 0.908. The van der Waals surface area contributed by atoms with E-state index in [9.17, 15) is 0 Å². The molecule has 2 aromatic rings. The highest BCUT2D eigenvalue weighted by molar-refractivity contribution is 9.10. The summed E-state index contributed by atoms with van der Waals surface area (Å²) in [5, 5.41) is 0. The first kappa shape index (κ1) is 14.1. The van der Waals surface area contributed by atoms with Crippen LogP contribution in [0, 0.1) is 6.92 Å². The summed E-state index contributed by atoms with van der Waals surface area (Å²) < 4.78 is 6.95. The Labute approximate surface area is 122 Å². The average molecular weight is 320 g/mol. The Morgan fingerprint density at radius 3 is 2.68 bits per heavy atom. The van der Waals surface area contributed by atoms with Crippen molar-refractivity contribution in [2.45, 2.75) is 26.5 Å². The Balaban J connectivity index is 2.15. The summed E-state index contributed by atoms with van der Waals surface area (Å²) in [6, 6.07) is 14.2. The highest BCUT2D eigenvalue weighted by atomic mass is 79.9. The molecule has 2 N–H and O–H groups in total. The molecule has 0 heterocycles. The molecule has 0 unspecified atom stereocenters. The lowest BCUT2D eigenvalue weighted by Gasteiger charge is -2.15. The van der Waals surface area contributed by atoms with Crippen molar-refractivity contribution >= 4 is 15.9 Å². The number of benzene rings is 2. The molecule has 0 aromatic heterocycles. The number of rotatable bonds is 4. The fraction of sp³-hybridized carbons (Fsp3) is 0.250. The second-order valence-corrected chi connectivity index (χ2v) is 5.66. The summed E-state index contributed by atoms with van der Waals surface area (Å²) in [7, 11) is 0. The molecule has 0 bridgehead atoms. The van der Waals surface area contributed by atoms with Crippen LogP contribution in [0.2, 0.25) is 0 Å². The minimum atomic E-state index is -0.0302. The van der Waals surface area contributed by atoms with E-state index in [2.05, 4.69) is 35.0 Å². The molecule has 0 aliphatic rings. The van der Waals surface area contributed by atoms with Crippen molar-refractivity contribution in [2.24, 2.45) is 5.73 Å². The molecular weight excluding hydrogens is 302 g/mol. The molecule has 1 atom stereocenters. The third kappa shape index (κ3) is 3.82. The molecule has 0 aliphatic heterocycles. The van der Waals surface area contributed by atoms with Gasteiger partial charge in [0, 0.05) is 16.1 Å². The summed E-state index contributed by atoms with van der Waals surface area (Å²) in [6.07, 6.45) is 0. The highest BCUT2D eigenvalue weighted by Crippen LogP contribution is 2.26. The number of hydrogen-bond acceptors (Lipinski definition) is 2. The molecule has 0 saturated heterocycles. The molecule has 0 amide bonds. The second-order valence-electron chi connectivity index (χ2n) is 4.75. The van der Waals surface area contributed by atoms with Crippen LogP contribution in [0.3, 0.4) is 0 Å². The maximum absolute atomic E-state index is 5.99. The van der Waals surface area contributed by atoms with E-state index in [0.717, 1.165) is 21.3 Å². The van der Waals surface area contributed by atoms with Gasteiger partial charge in [0.05, 0.1) is 0 Å². The molecule has 0 saturated carbocycles. The largest absolute Gasteiger partial charge is 0.489 e. The van der Waals surface area contributed by atoms with Crippen molar-refractivity contribution < 1.29 is 4.74 Å². The van der Waals surface area contributed by atoms with E-state index in [-0.39, 0.29) is 6.04 Å². The van der Waals surface area contributed by atoms with Gasteiger partial charge in [-0.3, -0.25) is 0 Å². The zero-order valence-electron chi connectivity index (χ0n) is 11.2. The van der Waals surface area contributed by atoms with E-state index < -0.39 is 0 Å². The molecule has 0 aliphatic carbocycles. The minimum absolute atomic E-state index is 0.0302. The van der Waals surface area contributed by atoms with Crippen molar-refractivity contribution in [3.63, 3.8) is 0 Å². The Bertz CT molecular complexity index is 566. The summed E-state index contributed by atoms with van der Waals surface area (Å²) in [6.45, 7) is 4.58. The summed E-state index contributed by atoms with van der Waals surface area (Å²) in [5.74, 6) is 0.862. The van der Waals surface area contributed by atoms with E-state index in [1.165, 1.54) is 5.56 Å². The third-order valence-corrected chi connectivity index (χ3v) is 3.43. The lowest BCUT2D eigenvalue weighted by Crippen LogP contribution is -2.08. The Kier molecular flexibility index (Phi) is 4.61. The van der Waals surface area contributed by atoms with Crippen molar-refractivity contribution in [3.8, 4) is 5.75 Å². The lowest BCUT2D eigenvalue weighted by molar-refractivity contribution is 0.301. The van der Waals surface area contributed by atoms with Gasteiger partial charge >= 0.3 is 0 Å². The highest BCUT2D eigenvalue weighted by Gasteiger charge is 2.08. The van der Waals surface area contributed by atoms with Crippen LogP contribution < -0.4 is 10.5 Å². The zero-order chi connectivity index (χ0) is 13.8. The van der Waals surface area contributed by atoms with Gasteiger partial charge in [0.2, 0.25) is 0 Å². The molecule has 19 heavy (non-hydrogen) atoms. The van der Waals surface area contributed by atoms with Gasteiger partial charge in [-0.1, -0.05) is 45.8 Å². The molecular formula is C16H18BrNO. The summed E-state index contributed by atoms with van der Waals surface area (Å²) in [4.78, 5) is 0. The maximum Gasteiger partial charge on any atom is 0.124 e. The van der Waals surface area contributed by atoms with Crippen molar-refractivity contribution in [1.29, 1.82) is 0 Å². The molecule has 0 radical (unpaired) electrons. The minimum Gasteiger partial charge on any atom is -0.489 e. The van der Waals surface area contributed by atoms with Crippen LogP contribution in [-0.2, 0) is 6.61 Å². The van der Waals surface area contributed by atoms with E-state index in [1.54, 1.807) is 0 Å². The Hall–Kier alpha value is -1.32. The summed E-state index contributed by atoms with van der Waals surface area (Å²) in [5.41, 5.74) is 9.37. The van der Waals surface area contributed by atoms with Gasteiger partial charge in [-0.2, -0.15) is 0 Å². The Morgan fingerprint density at radius 1 is 1.21 bits per heavy atom. The van der Waals surface area contributed by atoms with Gasteiger partial charge in [-0.15, -0.1) is 0 Å². The van der Waals surface area contributed by atoms with Crippen LogP contribution >= 0.6 is 15.9 Å². The first-order chi connectivity index (χ1) is 9.06. The monoisotopic (exact) mass is 319 g/mol. The second kappa shape index (κ2) is 6.22. The van der Waals surface area contributed by atoms with Crippen molar-refractivity contribution in [1.82, 2.24) is 0 Å². The van der Waals surface area contributed by atoms with Gasteiger partial charge in [0.15, 0.2) is 0 Å². The lowest BCUT2D eigenvalue weighted by atomic mass is 10.1. The normalized spacial score (nSPS) is 12.2. The van der Waals surface area contributed by atoms with Crippen LogP contribution in [0.4, 0.5) is 0 Å². The van der Waals surface area contributed by atoms with Crippen LogP contribution in [0.1, 0.15) is 29.7 Å². The van der Waals surface area contributed by atoms with E-state index in [0.29, 0.717) is 6.61 Å². The number of halogens is 1. The first-order valence-electron chi connectivity index (χ1n) is 6.29. The van der Waals surface area contributed by atoms with Crippen LogP contribution in [0.15, 0.2) is 46.9 Å². The van der Waals surface area contributed by atoms with Gasteiger partial charge in [0.25, 0.3) is 0 Å². The van der Waals surface area contributed by atoms with Crippen LogP contribution in [0.5, 0.6) is 5.75 Å².